The summed E-state index contributed by atoms with van der Waals surface area (Å²) in [5.41, 5.74) is 4.98. The van der Waals surface area contributed by atoms with Gasteiger partial charge in [0, 0.05) is 31.7 Å². The van der Waals surface area contributed by atoms with E-state index in [1.54, 1.807) is 0 Å². The van der Waals surface area contributed by atoms with Gasteiger partial charge in [-0.05, 0) is 76.8 Å². The van der Waals surface area contributed by atoms with Crippen molar-refractivity contribution in [2.24, 2.45) is 0 Å². The van der Waals surface area contributed by atoms with Crippen LogP contribution in [0.15, 0.2) is 48.7 Å². The fourth-order valence-corrected chi connectivity index (χ4v) is 4.81. The molecular weight excluding hydrogens is 438 g/mol. The van der Waals surface area contributed by atoms with Crippen molar-refractivity contribution >= 4 is 22.6 Å². The largest absolute Gasteiger partial charge is 0.494 e. The summed E-state index contributed by atoms with van der Waals surface area (Å²) in [5, 5.41) is 9.03. The van der Waals surface area contributed by atoms with E-state index in [1.807, 2.05) is 18.3 Å². The first kappa shape index (κ1) is 23.5. The van der Waals surface area contributed by atoms with Crippen LogP contribution < -0.4 is 9.64 Å². The molecule has 1 aliphatic heterocycles. The van der Waals surface area contributed by atoms with Gasteiger partial charge in [-0.15, -0.1) is 10.2 Å². The van der Waals surface area contributed by atoms with Gasteiger partial charge in [0.05, 0.1) is 23.8 Å². The predicted octanol–water partition coefficient (Wildman–Crippen LogP) is 3.80. The number of ether oxygens (including phenoxy) is 1. The molecule has 3 heterocycles. The monoisotopic (exact) mass is 473 g/mol. The van der Waals surface area contributed by atoms with Gasteiger partial charge in [0.15, 0.2) is 5.65 Å². The van der Waals surface area contributed by atoms with Crippen LogP contribution in [-0.2, 0) is 0 Å². The van der Waals surface area contributed by atoms with E-state index >= 15 is 0 Å². The molecule has 0 amide bonds. The topological polar surface area (TPSA) is 62.0 Å². The Labute approximate surface area is 207 Å². The van der Waals surface area contributed by atoms with E-state index in [0.29, 0.717) is 12.1 Å². The normalized spacial score (nSPS) is 19.2. The molecule has 35 heavy (non-hydrogen) atoms. The third-order valence-corrected chi connectivity index (χ3v) is 7.06. The highest BCUT2D eigenvalue weighted by Crippen LogP contribution is 2.29. The van der Waals surface area contributed by atoms with Gasteiger partial charge in [-0.2, -0.15) is 0 Å². The third kappa shape index (κ3) is 4.81. The fourth-order valence-electron chi connectivity index (χ4n) is 4.81. The summed E-state index contributed by atoms with van der Waals surface area (Å²) in [7, 11) is 6.35. The van der Waals surface area contributed by atoms with Crippen molar-refractivity contribution in [3.63, 3.8) is 0 Å². The molecule has 8 nitrogen and oxygen atoms in total. The second kappa shape index (κ2) is 9.79. The molecule has 2 aromatic carbocycles. The maximum atomic E-state index is 5.91. The van der Waals surface area contributed by atoms with Gasteiger partial charge in [-0.1, -0.05) is 18.2 Å². The molecule has 4 aromatic rings. The number of aromatic nitrogens is 4. The van der Waals surface area contributed by atoms with Gasteiger partial charge in [0.1, 0.15) is 5.75 Å². The maximum absolute atomic E-state index is 5.91. The lowest BCUT2D eigenvalue weighted by molar-refractivity contribution is 0.169. The van der Waals surface area contributed by atoms with Crippen molar-refractivity contribution in [2.45, 2.75) is 32.4 Å². The average Bonchev–Trinajstić information content (AvgIpc) is 3.30. The number of hydrogen-bond donors (Lipinski definition) is 0. The SMILES string of the molecule is CC1CN(c2nnc3cnc4ccc(-c5ccc(OCCCN(C)C)cc5)cc4n23)CC(C)N1C. The summed E-state index contributed by atoms with van der Waals surface area (Å²) in [6.45, 7) is 8.10. The number of anilines is 1. The zero-order chi connectivity index (χ0) is 24.5. The second-order valence-electron chi connectivity index (χ2n) is 9.95. The zero-order valence-electron chi connectivity index (χ0n) is 21.3. The van der Waals surface area contributed by atoms with Crippen LogP contribution in [0.3, 0.4) is 0 Å². The van der Waals surface area contributed by atoms with Crippen LogP contribution in [0.2, 0.25) is 0 Å². The molecule has 0 saturated carbocycles. The molecule has 2 atom stereocenters. The van der Waals surface area contributed by atoms with E-state index in [-0.39, 0.29) is 0 Å². The fraction of sp³-hybridized carbons (Fsp3) is 0.444. The lowest BCUT2D eigenvalue weighted by atomic mass is 10.0. The lowest BCUT2D eigenvalue weighted by Gasteiger charge is -2.42. The Hall–Kier alpha value is -3.23. The standard InChI is InChI=1S/C27H35N7O/c1-19-17-33(18-20(2)32(19)5)27-30-29-26-16-28-24-12-9-22(15-25(24)34(26)27)21-7-10-23(11-8-21)35-14-6-13-31(3)4/h7-12,15-16,19-20H,6,13-14,17-18H2,1-5H3. The van der Waals surface area contributed by atoms with Crippen molar-refractivity contribution in [1.29, 1.82) is 0 Å². The van der Waals surface area contributed by atoms with Gasteiger partial charge < -0.3 is 14.5 Å². The Morgan fingerprint density at radius 2 is 1.69 bits per heavy atom. The van der Waals surface area contributed by atoms with Crippen LogP contribution in [-0.4, -0.2) is 88.8 Å². The molecule has 2 aromatic heterocycles. The number of rotatable bonds is 7. The smallest absolute Gasteiger partial charge is 0.232 e. The minimum absolute atomic E-state index is 0.443. The summed E-state index contributed by atoms with van der Waals surface area (Å²) < 4.78 is 8.06. The van der Waals surface area contributed by atoms with E-state index < -0.39 is 0 Å². The van der Waals surface area contributed by atoms with Crippen LogP contribution in [0, 0.1) is 0 Å². The highest BCUT2D eigenvalue weighted by molar-refractivity contribution is 5.84. The molecule has 0 spiro atoms. The number of nitrogens with zero attached hydrogens (tertiary/aromatic N) is 7. The second-order valence-corrected chi connectivity index (χ2v) is 9.95. The van der Waals surface area contributed by atoms with Crippen molar-refractivity contribution in [3.05, 3.63) is 48.7 Å². The Morgan fingerprint density at radius 1 is 0.971 bits per heavy atom. The van der Waals surface area contributed by atoms with Crippen LogP contribution in [0.1, 0.15) is 20.3 Å². The first-order chi connectivity index (χ1) is 16.9. The van der Waals surface area contributed by atoms with Crippen LogP contribution >= 0.6 is 0 Å². The van der Waals surface area contributed by atoms with E-state index in [2.05, 4.69) is 99.6 Å². The summed E-state index contributed by atoms with van der Waals surface area (Å²) in [6.07, 6.45) is 2.82. The lowest BCUT2D eigenvalue weighted by Crippen LogP contribution is -2.55. The van der Waals surface area contributed by atoms with Crippen LogP contribution in [0.25, 0.3) is 27.8 Å². The Bertz CT molecular complexity index is 1290. The first-order valence-electron chi connectivity index (χ1n) is 12.4. The van der Waals surface area contributed by atoms with Gasteiger partial charge >= 0.3 is 0 Å². The number of fused-ring (bicyclic) bond motifs is 3. The van der Waals surface area contributed by atoms with Gasteiger partial charge in [0.25, 0.3) is 0 Å². The molecule has 0 bridgehead atoms. The van der Waals surface area contributed by atoms with Gasteiger partial charge in [-0.25, -0.2) is 0 Å². The number of hydrogen-bond acceptors (Lipinski definition) is 7. The molecule has 184 valence electrons. The third-order valence-electron chi connectivity index (χ3n) is 7.06. The van der Waals surface area contributed by atoms with Gasteiger partial charge in [-0.3, -0.25) is 14.3 Å². The highest BCUT2D eigenvalue weighted by atomic mass is 16.5. The van der Waals surface area contributed by atoms with Crippen molar-refractivity contribution in [2.75, 3.05) is 52.3 Å². The molecule has 1 fully saturated rings. The summed E-state index contributed by atoms with van der Waals surface area (Å²) in [6, 6.07) is 15.6. The van der Waals surface area contributed by atoms with Crippen molar-refractivity contribution in [3.8, 4) is 16.9 Å². The van der Waals surface area contributed by atoms with Crippen LogP contribution in [0.5, 0.6) is 5.75 Å². The summed E-state index contributed by atoms with van der Waals surface area (Å²) in [5.74, 6) is 1.79. The minimum atomic E-state index is 0.443. The maximum Gasteiger partial charge on any atom is 0.232 e. The molecular formula is C27H35N7O. The Morgan fingerprint density at radius 3 is 2.40 bits per heavy atom. The quantitative estimate of drug-likeness (QED) is 0.378. The molecule has 5 rings (SSSR count). The summed E-state index contributed by atoms with van der Waals surface area (Å²) >= 11 is 0. The molecule has 0 N–H and O–H groups in total. The minimum Gasteiger partial charge on any atom is -0.494 e. The number of benzene rings is 2. The molecule has 0 radical (unpaired) electrons. The van der Waals surface area contributed by atoms with E-state index in [4.69, 9.17) is 4.74 Å². The molecule has 1 aliphatic rings. The van der Waals surface area contributed by atoms with Crippen LogP contribution in [0.4, 0.5) is 5.95 Å². The molecule has 0 aliphatic carbocycles. The Kier molecular flexibility index (Phi) is 6.58. The number of likely N-dealkylation sites (N-methyl/N-ethyl adjacent to an activating group) is 1. The number of piperazine rings is 1. The van der Waals surface area contributed by atoms with Crippen molar-refractivity contribution in [1.82, 2.24) is 29.4 Å². The highest BCUT2D eigenvalue weighted by Gasteiger charge is 2.29. The van der Waals surface area contributed by atoms with E-state index in [9.17, 15) is 0 Å². The molecule has 1 saturated heterocycles. The average molecular weight is 474 g/mol. The molecule has 8 heteroatoms. The predicted molar refractivity (Wildman–Crippen MR) is 141 cm³/mol. The molecule has 2 unspecified atom stereocenters. The first-order valence-corrected chi connectivity index (χ1v) is 12.4. The zero-order valence-corrected chi connectivity index (χ0v) is 21.3. The van der Waals surface area contributed by atoms with Gasteiger partial charge in [0.2, 0.25) is 5.95 Å². The van der Waals surface area contributed by atoms with Crippen molar-refractivity contribution < 1.29 is 4.74 Å². The van der Waals surface area contributed by atoms with E-state index in [1.165, 1.54) is 0 Å². The Balaban J connectivity index is 1.44. The van der Waals surface area contributed by atoms with E-state index in [0.717, 1.165) is 72.2 Å². The summed E-state index contributed by atoms with van der Waals surface area (Å²) in [4.78, 5) is 11.6.